The van der Waals surface area contributed by atoms with E-state index in [0.717, 1.165) is 5.56 Å². The lowest BCUT2D eigenvalue weighted by Gasteiger charge is -2.12. The van der Waals surface area contributed by atoms with E-state index in [1.165, 1.54) is 17.4 Å². The average Bonchev–Trinajstić information content (AvgIpc) is 3.29. The second-order valence-corrected chi connectivity index (χ2v) is 7.81. The van der Waals surface area contributed by atoms with Gasteiger partial charge < -0.3 is 14.8 Å². The molecular formula is C24H20FN3O3S. The number of hydrogen-bond donors (Lipinski definition) is 1. The molecule has 0 bridgehead atoms. The maximum atomic E-state index is 13.9. The summed E-state index contributed by atoms with van der Waals surface area (Å²) >= 11 is 1.32. The van der Waals surface area contributed by atoms with Crippen molar-refractivity contribution in [3.05, 3.63) is 100 Å². The number of carbonyl (C=O) groups excluding carboxylic acids is 1. The number of rotatable bonds is 8. The lowest BCUT2D eigenvalue weighted by atomic mass is 10.1. The molecule has 0 fully saturated rings. The summed E-state index contributed by atoms with van der Waals surface area (Å²) in [5.74, 6) is 0.399. The van der Waals surface area contributed by atoms with Crippen LogP contribution in [0, 0.1) is 5.82 Å². The molecule has 2 aromatic heterocycles. The summed E-state index contributed by atoms with van der Waals surface area (Å²) in [5, 5.41) is 5.14. The quantitative estimate of drug-likeness (QED) is 0.405. The van der Waals surface area contributed by atoms with E-state index in [4.69, 9.17) is 9.47 Å². The number of nitrogens with zero attached hydrogens (tertiary/aromatic N) is 2. The fraction of sp³-hybridized carbons (Fsp3) is 0.125. The fourth-order valence-electron chi connectivity index (χ4n) is 3.01. The van der Waals surface area contributed by atoms with Crippen molar-refractivity contribution < 1.29 is 18.7 Å². The van der Waals surface area contributed by atoms with Gasteiger partial charge in [0.2, 0.25) is 0 Å². The van der Waals surface area contributed by atoms with Crippen molar-refractivity contribution in [3.63, 3.8) is 0 Å². The van der Waals surface area contributed by atoms with Gasteiger partial charge in [0.15, 0.2) is 11.5 Å². The molecule has 0 atom stereocenters. The van der Waals surface area contributed by atoms with Crippen LogP contribution in [0.2, 0.25) is 0 Å². The molecular weight excluding hydrogens is 429 g/mol. The van der Waals surface area contributed by atoms with Gasteiger partial charge in [-0.05, 0) is 29.8 Å². The standard InChI is InChI=1S/C24H20FN3O3S/c1-30-21-9-8-18(12-22(21)31-14-16-5-4-10-26-13-16)27-24(29)20-15-32-23(28-20)11-17-6-2-3-7-19(17)25/h2-10,12-13,15H,11,14H2,1H3,(H,27,29). The zero-order chi connectivity index (χ0) is 22.3. The molecule has 32 heavy (non-hydrogen) atoms. The molecule has 0 radical (unpaired) electrons. The largest absolute Gasteiger partial charge is 0.493 e. The molecule has 0 spiro atoms. The highest BCUT2D eigenvalue weighted by molar-refractivity contribution is 7.09. The molecule has 4 aromatic rings. The van der Waals surface area contributed by atoms with E-state index >= 15 is 0 Å². The number of aromatic nitrogens is 2. The predicted octanol–water partition coefficient (Wildman–Crippen LogP) is 5.11. The van der Waals surface area contributed by atoms with Gasteiger partial charge in [0, 0.05) is 41.5 Å². The van der Waals surface area contributed by atoms with E-state index in [2.05, 4.69) is 15.3 Å². The molecule has 0 aliphatic heterocycles. The predicted molar refractivity (Wildman–Crippen MR) is 121 cm³/mol. The molecule has 2 heterocycles. The van der Waals surface area contributed by atoms with Crippen molar-refractivity contribution in [2.75, 3.05) is 12.4 Å². The molecule has 6 nitrogen and oxygen atoms in total. The van der Waals surface area contributed by atoms with Gasteiger partial charge in [-0.2, -0.15) is 0 Å². The maximum Gasteiger partial charge on any atom is 0.275 e. The van der Waals surface area contributed by atoms with Crippen molar-refractivity contribution in [1.82, 2.24) is 9.97 Å². The number of thiazole rings is 1. The van der Waals surface area contributed by atoms with Gasteiger partial charge in [0.1, 0.15) is 18.1 Å². The Labute approximate surface area is 188 Å². The molecule has 2 aromatic carbocycles. The molecule has 0 saturated heterocycles. The van der Waals surface area contributed by atoms with Crippen molar-refractivity contribution in [1.29, 1.82) is 0 Å². The number of amides is 1. The normalized spacial score (nSPS) is 10.6. The van der Waals surface area contributed by atoms with E-state index in [1.807, 2.05) is 12.1 Å². The Bertz CT molecular complexity index is 1210. The summed E-state index contributed by atoms with van der Waals surface area (Å²) in [5.41, 5.74) is 2.27. The Morgan fingerprint density at radius 3 is 2.78 bits per heavy atom. The molecule has 8 heteroatoms. The molecule has 0 saturated carbocycles. The topological polar surface area (TPSA) is 73.3 Å². The molecule has 0 aliphatic rings. The Kier molecular flexibility index (Phi) is 6.72. The molecule has 0 aliphatic carbocycles. The van der Waals surface area contributed by atoms with Gasteiger partial charge in [-0.3, -0.25) is 9.78 Å². The second-order valence-electron chi connectivity index (χ2n) is 6.86. The van der Waals surface area contributed by atoms with Crippen LogP contribution in [0.3, 0.4) is 0 Å². The third-order valence-electron chi connectivity index (χ3n) is 4.62. The summed E-state index contributed by atoms with van der Waals surface area (Å²) in [6.45, 7) is 0.313. The molecule has 4 rings (SSSR count). The molecule has 162 valence electrons. The van der Waals surface area contributed by atoms with E-state index < -0.39 is 0 Å². The summed E-state index contributed by atoms with van der Waals surface area (Å²) in [6.07, 6.45) is 3.75. The lowest BCUT2D eigenvalue weighted by Crippen LogP contribution is -2.12. The van der Waals surface area contributed by atoms with Gasteiger partial charge in [-0.15, -0.1) is 11.3 Å². The minimum absolute atomic E-state index is 0.273. The summed E-state index contributed by atoms with van der Waals surface area (Å²) < 4.78 is 25.1. The SMILES string of the molecule is COc1ccc(NC(=O)c2csc(Cc3ccccc3F)n2)cc1OCc1cccnc1. The minimum atomic E-state index is -0.357. The molecule has 1 N–H and O–H groups in total. The first-order chi connectivity index (χ1) is 15.6. The van der Waals surface area contributed by atoms with Crippen LogP contribution in [-0.4, -0.2) is 23.0 Å². The van der Waals surface area contributed by atoms with Gasteiger partial charge in [0.25, 0.3) is 5.91 Å². The monoisotopic (exact) mass is 449 g/mol. The van der Waals surface area contributed by atoms with Crippen molar-refractivity contribution >= 4 is 22.9 Å². The molecule has 0 unspecified atom stereocenters. The zero-order valence-corrected chi connectivity index (χ0v) is 18.1. The van der Waals surface area contributed by atoms with E-state index in [9.17, 15) is 9.18 Å². The van der Waals surface area contributed by atoms with E-state index in [0.29, 0.717) is 40.8 Å². The number of benzene rings is 2. The maximum absolute atomic E-state index is 13.9. The molecule has 1 amide bonds. The lowest BCUT2D eigenvalue weighted by molar-refractivity contribution is 0.102. The first-order valence-corrected chi connectivity index (χ1v) is 10.7. The summed E-state index contributed by atoms with van der Waals surface area (Å²) in [4.78, 5) is 21.1. The average molecular weight is 450 g/mol. The second kappa shape index (κ2) is 10.0. The van der Waals surface area contributed by atoms with Crippen LogP contribution in [0.5, 0.6) is 11.5 Å². The minimum Gasteiger partial charge on any atom is -0.493 e. The highest BCUT2D eigenvalue weighted by Crippen LogP contribution is 2.31. The third kappa shape index (κ3) is 5.28. The Balaban J connectivity index is 1.44. The van der Waals surface area contributed by atoms with Crippen LogP contribution in [-0.2, 0) is 13.0 Å². The third-order valence-corrected chi connectivity index (χ3v) is 5.47. The Morgan fingerprint density at radius 2 is 2.00 bits per heavy atom. The highest BCUT2D eigenvalue weighted by atomic mass is 32.1. The fourth-order valence-corrected chi connectivity index (χ4v) is 3.81. The van der Waals surface area contributed by atoms with E-state index in [-0.39, 0.29) is 17.4 Å². The number of anilines is 1. The van der Waals surface area contributed by atoms with Crippen LogP contribution in [0.25, 0.3) is 0 Å². The van der Waals surface area contributed by atoms with E-state index in [1.54, 1.807) is 61.3 Å². The van der Waals surface area contributed by atoms with Crippen LogP contribution >= 0.6 is 11.3 Å². The van der Waals surface area contributed by atoms with Crippen molar-refractivity contribution in [3.8, 4) is 11.5 Å². The highest BCUT2D eigenvalue weighted by Gasteiger charge is 2.14. The van der Waals surface area contributed by atoms with Gasteiger partial charge in [-0.1, -0.05) is 24.3 Å². The number of methoxy groups -OCH3 is 1. The van der Waals surface area contributed by atoms with Crippen LogP contribution in [0.1, 0.15) is 26.6 Å². The Morgan fingerprint density at radius 1 is 1.12 bits per heavy atom. The van der Waals surface area contributed by atoms with Crippen molar-refractivity contribution in [2.45, 2.75) is 13.0 Å². The van der Waals surface area contributed by atoms with Gasteiger partial charge in [0.05, 0.1) is 12.1 Å². The number of halogens is 1. The van der Waals surface area contributed by atoms with Gasteiger partial charge in [-0.25, -0.2) is 9.37 Å². The number of pyridine rings is 1. The van der Waals surface area contributed by atoms with Crippen LogP contribution < -0.4 is 14.8 Å². The smallest absolute Gasteiger partial charge is 0.275 e. The number of nitrogens with one attached hydrogen (secondary N) is 1. The van der Waals surface area contributed by atoms with Crippen LogP contribution in [0.15, 0.2) is 72.4 Å². The first kappa shape index (κ1) is 21.5. The first-order valence-electron chi connectivity index (χ1n) is 9.81. The Hall–Kier alpha value is -3.78. The summed E-state index contributed by atoms with van der Waals surface area (Å²) in [7, 11) is 1.55. The van der Waals surface area contributed by atoms with Crippen molar-refractivity contribution in [2.24, 2.45) is 0 Å². The number of ether oxygens (including phenoxy) is 2. The number of hydrogen-bond acceptors (Lipinski definition) is 6. The number of carbonyl (C=O) groups is 1. The summed E-state index contributed by atoms with van der Waals surface area (Å²) in [6, 6.07) is 15.4. The van der Waals surface area contributed by atoms with Crippen LogP contribution in [0.4, 0.5) is 10.1 Å². The zero-order valence-electron chi connectivity index (χ0n) is 17.2. The van der Waals surface area contributed by atoms with Gasteiger partial charge >= 0.3 is 0 Å².